The molecule has 2 fully saturated rings. The Kier molecular flexibility index (Phi) is 5.73. The fourth-order valence-electron chi connectivity index (χ4n) is 4.57. The molecule has 0 N–H and O–H groups in total. The predicted molar refractivity (Wildman–Crippen MR) is 110 cm³/mol. The molecule has 3 aliphatic heterocycles. The maximum atomic E-state index is 12.8. The number of rotatable bonds is 5. The summed E-state index contributed by atoms with van der Waals surface area (Å²) >= 11 is 0. The average molecular weight is 428 g/mol. The molecule has 1 unspecified atom stereocenters. The van der Waals surface area contributed by atoms with Gasteiger partial charge in [0.1, 0.15) is 5.69 Å². The van der Waals surface area contributed by atoms with E-state index in [1.54, 1.807) is 6.20 Å². The van der Waals surface area contributed by atoms with Crippen molar-refractivity contribution < 1.29 is 19.0 Å². The standard InChI is InChI=1S/C22H29N5O4/c1-16-4-5-17(11-23-16)21(28)26-8-6-22(7-9-26)15-27-20(14-31-22)19(24-25-27)13-29-12-18-3-2-10-30-18/h4-5,11,18H,2-3,6-10,12-15H2,1H3. The summed E-state index contributed by atoms with van der Waals surface area (Å²) in [5.74, 6) is 0.0327. The normalized spacial score (nSPS) is 22.6. The van der Waals surface area contributed by atoms with E-state index in [0.717, 1.165) is 49.4 Å². The lowest BCUT2D eigenvalue weighted by atomic mass is 9.89. The molecule has 0 aromatic carbocycles. The quantitative estimate of drug-likeness (QED) is 0.719. The predicted octanol–water partition coefficient (Wildman–Crippen LogP) is 1.88. The van der Waals surface area contributed by atoms with Gasteiger partial charge in [0.15, 0.2) is 0 Å². The Labute approximate surface area is 181 Å². The van der Waals surface area contributed by atoms with E-state index in [1.807, 2.05) is 28.6 Å². The summed E-state index contributed by atoms with van der Waals surface area (Å²) in [6, 6.07) is 3.72. The molecule has 5 rings (SSSR count). The highest BCUT2D eigenvalue weighted by Gasteiger charge is 2.41. The van der Waals surface area contributed by atoms with Gasteiger partial charge in [-0.1, -0.05) is 5.21 Å². The number of carbonyl (C=O) groups is 1. The van der Waals surface area contributed by atoms with Crippen LogP contribution in [0.3, 0.4) is 0 Å². The van der Waals surface area contributed by atoms with Gasteiger partial charge in [0.2, 0.25) is 0 Å². The van der Waals surface area contributed by atoms with Crippen LogP contribution in [0.2, 0.25) is 0 Å². The Hall–Kier alpha value is -2.36. The van der Waals surface area contributed by atoms with Gasteiger partial charge < -0.3 is 19.1 Å². The minimum Gasteiger partial charge on any atom is -0.376 e. The fourth-order valence-corrected chi connectivity index (χ4v) is 4.57. The molecule has 31 heavy (non-hydrogen) atoms. The molecular weight excluding hydrogens is 398 g/mol. The average Bonchev–Trinajstić information content (AvgIpc) is 3.44. The minimum atomic E-state index is -0.293. The van der Waals surface area contributed by atoms with Gasteiger partial charge in [-0.15, -0.1) is 5.10 Å². The lowest BCUT2D eigenvalue weighted by Crippen LogP contribution is -2.52. The first-order valence-corrected chi connectivity index (χ1v) is 11.1. The summed E-state index contributed by atoms with van der Waals surface area (Å²) in [4.78, 5) is 18.9. The Morgan fingerprint density at radius 3 is 2.94 bits per heavy atom. The summed E-state index contributed by atoms with van der Waals surface area (Å²) in [6.07, 6.45) is 5.59. The van der Waals surface area contributed by atoms with Crippen LogP contribution in [0.5, 0.6) is 0 Å². The van der Waals surface area contributed by atoms with E-state index < -0.39 is 0 Å². The van der Waals surface area contributed by atoms with Crippen LogP contribution < -0.4 is 0 Å². The Morgan fingerprint density at radius 1 is 1.32 bits per heavy atom. The van der Waals surface area contributed by atoms with Crippen molar-refractivity contribution in [3.8, 4) is 0 Å². The summed E-state index contributed by atoms with van der Waals surface area (Å²) in [6.45, 7) is 6.23. The van der Waals surface area contributed by atoms with Gasteiger partial charge in [0, 0.05) is 31.6 Å². The molecule has 9 nitrogen and oxygen atoms in total. The number of fused-ring (bicyclic) bond motifs is 1. The first kappa shape index (κ1) is 20.5. The van der Waals surface area contributed by atoms with Gasteiger partial charge in [-0.25, -0.2) is 4.68 Å². The van der Waals surface area contributed by atoms with Crippen molar-refractivity contribution in [3.63, 3.8) is 0 Å². The zero-order valence-electron chi connectivity index (χ0n) is 18.0. The first-order valence-electron chi connectivity index (χ1n) is 11.1. The molecule has 2 aromatic heterocycles. The molecule has 0 aliphatic carbocycles. The number of hydrogen-bond acceptors (Lipinski definition) is 7. The molecule has 0 saturated carbocycles. The summed E-state index contributed by atoms with van der Waals surface area (Å²) < 4.78 is 19.7. The molecule has 1 atom stereocenters. The number of carbonyl (C=O) groups excluding carboxylic acids is 1. The van der Waals surface area contributed by atoms with Crippen LogP contribution in [0, 0.1) is 6.92 Å². The molecule has 1 amide bonds. The van der Waals surface area contributed by atoms with Gasteiger partial charge in [-0.3, -0.25) is 9.78 Å². The highest BCUT2D eigenvalue weighted by molar-refractivity contribution is 5.94. The number of hydrogen-bond donors (Lipinski definition) is 0. The molecule has 9 heteroatoms. The fraction of sp³-hybridized carbons (Fsp3) is 0.636. The second-order valence-electron chi connectivity index (χ2n) is 8.74. The van der Waals surface area contributed by atoms with Gasteiger partial charge in [0.05, 0.1) is 49.3 Å². The van der Waals surface area contributed by atoms with Crippen LogP contribution in [0.4, 0.5) is 0 Å². The van der Waals surface area contributed by atoms with Gasteiger partial charge >= 0.3 is 0 Å². The number of piperidine rings is 1. The van der Waals surface area contributed by atoms with Crippen LogP contribution in [0.1, 0.15) is 53.1 Å². The molecule has 1 spiro atoms. The van der Waals surface area contributed by atoms with Crippen molar-refractivity contribution in [1.82, 2.24) is 24.9 Å². The van der Waals surface area contributed by atoms with E-state index in [-0.39, 0.29) is 17.6 Å². The van der Waals surface area contributed by atoms with Crippen LogP contribution in [-0.2, 0) is 34.0 Å². The van der Waals surface area contributed by atoms with Gasteiger partial charge in [-0.2, -0.15) is 0 Å². The topological polar surface area (TPSA) is 91.6 Å². The number of amides is 1. The third kappa shape index (κ3) is 4.35. The SMILES string of the molecule is Cc1ccc(C(=O)N2CCC3(CC2)Cn2nnc(COCC4CCCO4)c2CO3)cn1. The van der Waals surface area contributed by atoms with E-state index in [1.165, 1.54) is 0 Å². The molecule has 3 aliphatic rings. The summed E-state index contributed by atoms with van der Waals surface area (Å²) in [5.41, 5.74) is 3.08. The molecule has 5 heterocycles. The van der Waals surface area contributed by atoms with Crippen molar-refractivity contribution >= 4 is 5.91 Å². The molecule has 0 radical (unpaired) electrons. The highest BCUT2D eigenvalue weighted by atomic mass is 16.5. The molecule has 166 valence electrons. The second kappa shape index (κ2) is 8.64. The zero-order valence-corrected chi connectivity index (χ0v) is 18.0. The van der Waals surface area contributed by atoms with Crippen molar-refractivity contribution in [2.24, 2.45) is 0 Å². The van der Waals surface area contributed by atoms with Crippen LogP contribution >= 0.6 is 0 Å². The number of likely N-dealkylation sites (tertiary alicyclic amines) is 1. The molecule has 2 aromatic rings. The van der Waals surface area contributed by atoms with Crippen LogP contribution in [0.15, 0.2) is 18.3 Å². The number of nitrogens with zero attached hydrogens (tertiary/aromatic N) is 5. The summed E-state index contributed by atoms with van der Waals surface area (Å²) in [7, 11) is 0. The van der Waals surface area contributed by atoms with Gasteiger partial charge in [-0.05, 0) is 44.7 Å². The number of aryl methyl sites for hydroxylation is 1. The van der Waals surface area contributed by atoms with Crippen LogP contribution in [-0.4, -0.2) is 68.8 Å². The van der Waals surface area contributed by atoms with Crippen molar-refractivity contribution in [1.29, 1.82) is 0 Å². The van der Waals surface area contributed by atoms with Crippen molar-refractivity contribution in [2.45, 2.75) is 64.1 Å². The zero-order chi connectivity index (χ0) is 21.3. The van der Waals surface area contributed by atoms with E-state index >= 15 is 0 Å². The van der Waals surface area contributed by atoms with Crippen molar-refractivity contribution in [3.05, 3.63) is 41.0 Å². The largest absolute Gasteiger partial charge is 0.376 e. The van der Waals surface area contributed by atoms with Crippen molar-refractivity contribution in [2.75, 3.05) is 26.3 Å². The maximum Gasteiger partial charge on any atom is 0.255 e. The van der Waals surface area contributed by atoms with Crippen LogP contribution in [0.25, 0.3) is 0 Å². The maximum absolute atomic E-state index is 12.8. The minimum absolute atomic E-state index is 0.0327. The molecular formula is C22H29N5O4. The number of ether oxygens (including phenoxy) is 3. The third-order valence-electron chi connectivity index (χ3n) is 6.56. The number of pyridine rings is 1. The smallest absolute Gasteiger partial charge is 0.255 e. The van der Waals surface area contributed by atoms with E-state index in [2.05, 4.69) is 15.3 Å². The van der Waals surface area contributed by atoms with E-state index in [9.17, 15) is 4.79 Å². The molecule has 2 saturated heterocycles. The first-order chi connectivity index (χ1) is 15.1. The second-order valence-corrected chi connectivity index (χ2v) is 8.74. The highest BCUT2D eigenvalue weighted by Crippen LogP contribution is 2.34. The molecule has 0 bridgehead atoms. The number of aromatic nitrogens is 4. The van der Waals surface area contributed by atoms with E-state index in [4.69, 9.17) is 14.2 Å². The Bertz CT molecular complexity index is 914. The summed E-state index contributed by atoms with van der Waals surface area (Å²) in [5, 5.41) is 8.68. The Morgan fingerprint density at radius 2 is 2.19 bits per heavy atom. The Balaban J connectivity index is 1.16. The van der Waals surface area contributed by atoms with E-state index in [0.29, 0.717) is 45.0 Å². The lowest BCUT2D eigenvalue weighted by molar-refractivity contribution is -0.120. The van der Waals surface area contributed by atoms with Gasteiger partial charge in [0.25, 0.3) is 5.91 Å². The third-order valence-corrected chi connectivity index (χ3v) is 6.56. The lowest BCUT2D eigenvalue weighted by Gasteiger charge is -2.43. The monoisotopic (exact) mass is 427 g/mol.